The molecule has 1 heterocycles. The van der Waals surface area contributed by atoms with Gasteiger partial charge in [-0.2, -0.15) is 0 Å². The van der Waals surface area contributed by atoms with Gasteiger partial charge in [-0.3, -0.25) is 4.79 Å². The van der Waals surface area contributed by atoms with E-state index in [-0.39, 0.29) is 5.97 Å². The van der Waals surface area contributed by atoms with E-state index in [9.17, 15) is 4.79 Å². The maximum Gasteiger partial charge on any atom is 0.306 e. The fourth-order valence-corrected chi connectivity index (χ4v) is 2.86. The van der Waals surface area contributed by atoms with E-state index in [1.165, 1.54) is 11.3 Å². The fourth-order valence-electron chi connectivity index (χ4n) is 1.65. The van der Waals surface area contributed by atoms with Crippen LogP contribution in [0.4, 0.5) is 10.8 Å². The number of benzene rings is 1. The van der Waals surface area contributed by atoms with E-state index in [0.717, 1.165) is 16.5 Å². The molecule has 0 aliphatic heterocycles. The first-order chi connectivity index (χ1) is 10.1. The second-order valence-electron chi connectivity index (χ2n) is 4.20. The largest absolute Gasteiger partial charge is 0.466 e. The Morgan fingerprint density at radius 1 is 1.43 bits per heavy atom. The minimum Gasteiger partial charge on any atom is -0.466 e. The summed E-state index contributed by atoms with van der Waals surface area (Å²) in [5.74, 6) is -0.208. The monoisotopic (exact) mass is 344 g/mol. The lowest BCUT2D eigenvalue weighted by molar-refractivity contribution is -0.143. The number of esters is 1. The summed E-state index contributed by atoms with van der Waals surface area (Å²) < 4.78 is 4.88. The van der Waals surface area contributed by atoms with E-state index in [1.54, 1.807) is 25.1 Å². The van der Waals surface area contributed by atoms with Crippen LogP contribution in [-0.2, 0) is 16.0 Å². The van der Waals surface area contributed by atoms with Gasteiger partial charge in [0.2, 0.25) is 0 Å². The molecule has 112 valence electrons. The summed E-state index contributed by atoms with van der Waals surface area (Å²) in [6.07, 6.45) is 0.893. The second-order valence-corrected chi connectivity index (χ2v) is 5.90. The number of aromatic nitrogens is 1. The summed E-state index contributed by atoms with van der Waals surface area (Å²) in [5, 5.41) is 6.88. The fraction of sp³-hybridized carbons (Fsp3) is 0.286. The smallest absolute Gasteiger partial charge is 0.306 e. The van der Waals surface area contributed by atoms with Gasteiger partial charge in [0.25, 0.3) is 0 Å². The number of nitrogens with one attached hydrogen (secondary N) is 1. The van der Waals surface area contributed by atoms with Crippen molar-refractivity contribution in [3.8, 4) is 0 Å². The Hall–Kier alpha value is -1.30. The molecule has 0 unspecified atom stereocenters. The molecule has 0 bridgehead atoms. The lowest BCUT2D eigenvalue weighted by Crippen LogP contribution is -2.05. The third-order valence-electron chi connectivity index (χ3n) is 2.62. The molecule has 1 aromatic heterocycles. The zero-order chi connectivity index (χ0) is 15.2. The quantitative estimate of drug-likeness (QED) is 0.772. The van der Waals surface area contributed by atoms with Crippen molar-refractivity contribution in [2.75, 3.05) is 11.9 Å². The van der Waals surface area contributed by atoms with Gasteiger partial charge < -0.3 is 10.1 Å². The third-order valence-corrected chi connectivity index (χ3v) is 3.97. The highest BCUT2D eigenvalue weighted by atomic mass is 35.5. The van der Waals surface area contributed by atoms with Crippen molar-refractivity contribution in [2.45, 2.75) is 19.8 Å². The van der Waals surface area contributed by atoms with Gasteiger partial charge >= 0.3 is 5.97 Å². The van der Waals surface area contributed by atoms with Gasteiger partial charge in [0.1, 0.15) is 0 Å². The molecule has 0 saturated carbocycles. The number of thiazole rings is 1. The topological polar surface area (TPSA) is 51.2 Å². The maximum absolute atomic E-state index is 11.3. The van der Waals surface area contributed by atoms with Gasteiger partial charge in [0.15, 0.2) is 5.13 Å². The summed E-state index contributed by atoms with van der Waals surface area (Å²) in [6, 6.07) is 5.22. The summed E-state index contributed by atoms with van der Waals surface area (Å²) in [5.41, 5.74) is 1.59. The van der Waals surface area contributed by atoms with E-state index in [2.05, 4.69) is 10.3 Å². The van der Waals surface area contributed by atoms with Crippen LogP contribution in [0.3, 0.4) is 0 Å². The van der Waals surface area contributed by atoms with E-state index < -0.39 is 0 Å². The number of carbonyl (C=O) groups is 1. The Morgan fingerprint density at radius 2 is 2.24 bits per heavy atom. The number of nitrogens with zero attached hydrogens (tertiary/aromatic N) is 1. The number of carbonyl (C=O) groups excluding carboxylic acids is 1. The Morgan fingerprint density at radius 3 is 2.95 bits per heavy atom. The summed E-state index contributed by atoms with van der Waals surface area (Å²) in [4.78, 5) is 15.7. The Balaban J connectivity index is 1.95. The van der Waals surface area contributed by atoms with Gasteiger partial charge in [0.05, 0.1) is 29.4 Å². The van der Waals surface area contributed by atoms with Crippen LogP contribution in [0.15, 0.2) is 23.6 Å². The molecule has 21 heavy (non-hydrogen) atoms. The minimum atomic E-state index is -0.208. The first-order valence-corrected chi connectivity index (χ1v) is 8.04. The lowest BCUT2D eigenvalue weighted by atomic mass is 10.2. The van der Waals surface area contributed by atoms with Gasteiger partial charge in [-0.1, -0.05) is 23.2 Å². The molecular weight excluding hydrogens is 331 g/mol. The van der Waals surface area contributed by atoms with Crippen molar-refractivity contribution in [1.29, 1.82) is 0 Å². The third kappa shape index (κ3) is 4.88. The zero-order valence-electron chi connectivity index (χ0n) is 11.4. The molecule has 0 aliphatic carbocycles. The van der Waals surface area contributed by atoms with Gasteiger partial charge in [-0.15, -0.1) is 11.3 Å². The highest BCUT2D eigenvalue weighted by Crippen LogP contribution is 2.29. The Bertz CT molecular complexity index is 631. The number of rotatable bonds is 6. The summed E-state index contributed by atoms with van der Waals surface area (Å²) in [7, 11) is 0. The molecule has 0 spiro atoms. The number of hydrogen-bond donors (Lipinski definition) is 1. The number of anilines is 2. The van der Waals surface area contributed by atoms with Crippen molar-refractivity contribution in [3.63, 3.8) is 0 Å². The SMILES string of the molecule is CCOC(=O)CCc1csc(Nc2ccc(Cl)cc2Cl)n1. The van der Waals surface area contributed by atoms with E-state index in [4.69, 9.17) is 27.9 Å². The number of hydrogen-bond acceptors (Lipinski definition) is 5. The molecule has 7 heteroatoms. The van der Waals surface area contributed by atoms with Gasteiger partial charge in [0, 0.05) is 16.8 Å². The standard InChI is InChI=1S/C14H14Cl2N2O2S/c1-2-20-13(19)6-4-10-8-21-14(17-10)18-12-5-3-9(15)7-11(12)16/h3,5,7-8H,2,4,6H2,1H3,(H,17,18). The van der Waals surface area contributed by atoms with Crippen molar-refractivity contribution in [2.24, 2.45) is 0 Å². The second kappa shape index (κ2) is 7.64. The molecule has 1 N–H and O–H groups in total. The number of halogens is 2. The van der Waals surface area contributed by atoms with Gasteiger partial charge in [-0.05, 0) is 25.1 Å². The van der Waals surface area contributed by atoms with Crippen LogP contribution in [0, 0.1) is 0 Å². The number of aryl methyl sites for hydroxylation is 1. The molecular formula is C14H14Cl2N2O2S. The molecule has 0 fully saturated rings. The van der Waals surface area contributed by atoms with E-state index in [1.807, 2.05) is 5.38 Å². The molecule has 0 aliphatic rings. The molecule has 2 aromatic rings. The molecule has 0 atom stereocenters. The predicted octanol–water partition coefficient (Wildman–Crippen LogP) is 4.69. The van der Waals surface area contributed by atoms with E-state index in [0.29, 0.717) is 29.5 Å². The zero-order valence-corrected chi connectivity index (χ0v) is 13.7. The van der Waals surface area contributed by atoms with Crippen LogP contribution >= 0.6 is 34.5 Å². The lowest BCUT2D eigenvalue weighted by Gasteiger charge is -2.05. The van der Waals surface area contributed by atoms with Crippen LogP contribution in [0.25, 0.3) is 0 Å². The minimum absolute atomic E-state index is 0.208. The van der Waals surface area contributed by atoms with E-state index >= 15 is 0 Å². The first kappa shape index (κ1) is 16.1. The molecule has 0 radical (unpaired) electrons. The molecule has 1 aromatic carbocycles. The van der Waals surface area contributed by atoms with Crippen molar-refractivity contribution < 1.29 is 9.53 Å². The van der Waals surface area contributed by atoms with Crippen LogP contribution in [0.5, 0.6) is 0 Å². The van der Waals surface area contributed by atoms with Gasteiger partial charge in [-0.25, -0.2) is 4.98 Å². The Labute approximate surface area is 137 Å². The average molecular weight is 345 g/mol. The van der Waals surface area contributed by atoms with Crippen LogP contribution in [0.1, 0.15) is 19.0 Å². The molecule has 0 amide bonds. The first-order valence-electron chi connectivity index (χ1n) is 6.40. The highest BCUT2D eigenvalue weighted by molar-refractivity contribution is 7.13. The average Bonchev–Trinajstić information content (AvgIpc) is 2.88. The van der Waals surface area contributed by atoms with Crippen LogP contribution in [0.2, 0.25) is 10.0 Å². The maximum atomic E-state index is 11.3. The predicted molar refractivity (Wildman–Crippen MR) is 86.8 cm³/mol. The summed E-state index contributed by atoms with van der Waals surface area (Å²) in [6.45, 7) is 2.19. The van der Waals surface area contributed by atoms with Crippen molar-refractivity contribution >= 4 is 51.3 Å². The molecule has 4 nitrogen and oxygen atoms in total. The Kier molecular flexibility index (Phi) is 5.85. The van der Waals surface area contributed by atoms with Crippen molar-refractivity contribution in [1.82, 2.24) is 4.98 Å². The summed E-state index contributed by atoms with van der Waals surface area (Å²) >= 11 is 13.4. The molecule has 2 rings (SSSR count). The van der Waals surface area contributed by atoms with Crippen molar-refractivity contribution in [3.05, 3.63) is 39.3 Å². The highest BCUT2D eigenvalue weighted by Gasteiger charge is 2.08. The molecule has 0 saturated heterocycles. The van der Waals surface area contributed by atoms with Crippen LogP contribution in [-0.4, -0.2) is 17.6 Å². The number of ether oxygens (including phenoxy) is 1. The van der Waals surface area contributed by atoms with Crippen LogP contribution < -0.4 is 5.32 Å². The normalized spacial score (nSPS) is 10.4.